The highest BCUT2D eigenvalue weighted by atomic mass is 16.4. The molecule has 0 aromatic carbocycles. The number of carbonyl (C=O) groups excluding carboxylic acids is 1. The van der Waals surface area contributed by atoms with E-state index in [1.807, 2.05) is 0 Å². The molecule has 0 heterocycles. The summed E-state index contributed by atoms with van der Waals surface area (Å²) in [6.45, 7) is 4.49. The first-order chi connectivity index (χ1) is 4.57. The van der Waals surface area contributed by atoms with Crippen molar-refractivity contribution in [3.63, 3.8) is 0 Å². The molecule has 10 heavy (non-hydrogen) atoms. The van der Waals surface area contributed by atoms with Gasteiger partial charge in [-0.25, -0.2) is 4.79 Å². The van der Waals surface area contributed by atoms with Gasteiger partial charge in [0.05, 0.1) is 0 Å². The Morgan fingerprint density at radius 1 is 1.70 bits per heavy atom. The van der Waals surface area contributed by atoms with Gasteiger partial charge in [-0.3, -0.25) is 4.79 Å². The van der Waals surface area contributed by atoms with E-state index in [1.54, 1.807) is 0 Å². The van der Waals surface area contributed by atoms with Crippen molar-refractivity contribution in [2.75, 3.05) is 0 Å². The molecule has 1 unspecified atom stereocenters. The lowest BCUT2D eigenvalue weighted by molar-refractivity contribution is -0.140. The Bertz CT molecular complexity index is 164. The lowest BCUT2D eigenvalue weighted by atomic mass is 10.3. The molecule has 0 aliphatic heterocycles. The summed E-state index contributed by atoms with van der Waals surface area (Å²) in [5, 5.41) is 10.5. The van der Waals surface area contributed by atoms with Gasteiger partial charge in [-0.05, 0) is 0 Å². The molecule has 0 fully saturated rings. The van der Waals surface area contributed by atoms with E-state index in [-0.39, 0.29) is 5.91 Å². The molecule has 4 nitrogen and oxygen atoms in total. The maximum atomic E-state index is 10.3. The van der Waals surface area contributed by atoms with Crippen molar-refractivity contribution in [2.45, 2.75) is 13.0 Å². The van der Waals surface area contributed by atoms with Crippen LogP contribution in [0.2, 0.25) is 0 Å². The van der Waals surface area contributed by atoms with E-state index in [0.29, 0.717) is 0 Å². The zero-order valence-electron chi connectivity index (χ0n) is 5.63. The summed E-state index contributed by atoms with van der Waals surface area (Å²) in [4.78, 5) is 20.5. The zero-order chi connectivity index (χ0) is 8.15. The van der Waals surface area contributed by atoms with Crippen LogP contribution in [0.5, 0.6) is 0 Å². The van der Waals surface area contributed by atoms with Gasteiger partial charge in [0, 0.05) is 6.92 Å². The Morgan fingerprint density at radius 2 is 2.20 bits per heavy atom. The average molecular weight is 143 g/mol. The first kappa shape index (κ1) is 8.68. The maximum absolute atomic E-state index is 10.3. The number of hydrogen-bond donors (Lipinski definition) is 2. The molecule has 0 aliphatic carbocycles. The molecule has 1 atom stereocenters. The number of nitrogens with one attached hydrogen (secondary N) is 1. The normalized spacial score (nSPS) is 11.7. The number of carboxylic acid groups (broad SMARTS) is 1. The predicted octanol–water partition coefficient (Wildman–Crippen LogP) is -0.238. The van der Waals surface area contributed by atoms with E-state index in [1.165, 1.54) is 6.92 Å². The molecule has 0 aromatic rings. The minimum absolute atomic E-state index is 0.382. The van der Waals surface area contributed by atoms with Gasteiger partial charge in [-0.2, -0.15) is 0 Å². The molecule has 0 saturated heterocycles. The summed E-state index contributed by atoms with van der Waals surface area (Å²) in [6.07, 6.45) is 1.16. The van der Waals surface area contributed by atoms with E-state index in [4.69, 9.17) is 5.11 Å². The van der Waals surface area contributed by atoms with Crippen LogP contribution in [0.4, 0.5) is 0 Å². The van der Waals surface area contributed by atoms with Crippen molar-refractivity contribution in [3.8, 4) is 0 Å². The monoisotopic (exact) mass is 143 g/mol. The first-order valence-corrected chi connectivity index (χ1v) is 2.70. The summed E-state index contributed by atoms with van der Waals surface area (Å²) in [6, 6.07) is -0.975. The van der Waals surface area contributed by atoms with Gasteiger partial charge in [-0.15, -0.1) is 6.58 Å². The Balaban J connectivity index is 3.96. The second-order valence-corrected chi connectivity index (χ2v) is 1.75. The van der Waals surface area contributed by atoms with Crippen LogP contribution in [-0.2, 0) is 9.59 Å². The number of rotatable bonds is 3. The second kappa shape index (κ2) is 3.66. The van der Waals surface area contributed by atoms with Crippen LogP contribution in [0, 0.1) is 0 Å². The largest absolute Gasteiger partial charge is 0.479 e. The Kier molecular flexibility index (Phi) is 3.17. The van der Waals surface area contributed by atoms with E-state index in [0.717, 1.165) is 6.08 Å². The minimum Gasteiger partial charge on any atom is -0.479 e. The van der Waals surface area contributed by atoms with Gasteiger partial charge < -0.3 is 10.4 Å². The van der Waals surface area contributed by atoms with Crippen molar-refractivity contribution in [1.29, 1.82) is 0 Å². The van der Waals surface area contributed by atoms with Crippen LogP contribution >= 0.6 is 0 Å². The molecule has 0 saturated carbocycles. The molecule has 4 heteroatoms. The average Bonchev–Trinajstić information content (AvgIpc) is 1.81. The fraction of sp³-hybridized carbons (Fsp3) is 0.333. The van der Waals surface area contributed by atoms with E-state index >= 15 is 0 Å². The first-order valence-electron chi connectivity index (χ1n) is 2.70. The van der Waals surface area contributed by atoms with Gasteiger partial charge in [-0.1, -0.05) is 6.08 Å². The smallest absolute Gasteiger partial charge is 0.330 e. The lowest BCUT2D eigenvalue weighted by Crippen LogP contribution is -2.37. The van der Waals surface area contributed by atoms with Crippen LogP contribution < -0.4 is 5.32 Å². The molecular weight excluding hydrogens is 134 g/mol. The maximum Gasteiger partial charge on any atom is 0.330 e. The number of hydrogen-bond acceptors (Lipinski definition) is 2. The predicted molar refractivity (Wildman–Crippen MR) is 35.4 cm³/mol. The molecular formula is C6H9NO3. The SMILES string of the molecule is C=CC(NC(C)=O)C(=O)O. The highest BCUT2D eigenvalue weighted by molar-refractivity contribution is 5.83. The molecule has 0 spiro atoms. The number of aliphatic carboxylic acids is 1. The molecule has 56 valence electrons. The Morgan fingerprint density at radius 3 is 2.30 bits per heavy atom. The highest BCUT2D eigenvalue weighted by Crippen LogP contribution is 1.83. The molecule has 0 aliphatic rings. The van der Waals surface area contributed by atoms with Gasteiger partial charge in [0.2, 0.25) is 5.91 Å². The van der Waals surface area contributed by atoms with Crippen LogP contribution in [0.1, 0.15) is 6.92 Å². The third kappa shape index (κ3) is 2.86. The fourth-order valence-corrected chi connectivity index (χ4v) is 0.440. The third-order valence-corrected chi connectivity index (χ3v) is 0.861. The fourth-order valence-electron chi connectivity index (χ4n) is 0.440. The molecule has 0 bridgehead atoms. The third-order valence-electron chi connectivity index (χ3n) is 0.861. The molecule has 0 aromatic heterocycles. The molecule has 0 rings (SSSR count). The van der Waals surface area contributed by atoms with Crippen molar-refractivity contribution in [1.82, 2.24) is 5.32 Å². The standard InChI is InChI=1S/C6H9NO3/c1-3-5(6(9)10)7-4(2)8/h3,5H,1H2,2H3,(H,7,8)(H,9,10). The lowest BCUT2D eigenvalue weighted by Gasteiger charge is -2.05. The summed E-state index contributed by atoms with van der Waals surface area (Å²) in [7, 11) is 0. The van der Waals surface area contributed by atoms with Gasteiger partial charge >= 0.3 is 5.97 Å². The van der Waals surface area contributed by atoms with Gasteiger partial charge in [0.15, 0.2) is 0 Å². The van der Waals surface area contributed by atoms with Gasteiger partial charge in [0.1, 0.15) is 6.04 Å². The van der Waals surface area contributed by atoms with E-state index in [2.05, 4.69) is 11.9 Å². The number of carboxylic acids is 1. The molecule has 1 amide bonds. The minimum atomic E-state index is -1.11. The second-order valence-electron chi connectivity index (χ2n) is 1.75. The summed E-state index contributed by atoms with van der Waals surface area (Å²) >= 11 is 0. The van der Waals surface area contributed by atoms with Crippen molar-refractivity contribution < 1.29 is 14.7 Å². The van der Waals surface area contributed by atoms with Crippen LogP contribution in [0.3, 0.4) is 0 Å². The Labute approximate surface area is 58.5 Å². The van der Waals surface area contributed by atoms with E-state index < -0.39 is 12.0 Å². The van der Waals surface area contributed by atoms with Crippen molar-refractivity contribution in [3.05, 3.63) is 12.7 Å². The quantitative estimate of drug-likeness (QED) is 0.536. The summed E-state index contributed by atoms with van der Waals surface area (Å²) in [5.41, 5.74) is 0. The molecule has 0 radical (unpaired) electrons. The van der Waals surface area contributed by atoms with Gasteiger partial charge in [0.25, 0.3) is 0 Å². The zero-order valence-corrected chi connectivity index (χ0v) is 5.63. The summed E-state index contributed by atoms with van der Waals surface area (Å²) in [5.74, 6) is -1.49. The van der Waals surface area contributed by atoms with Crippen LogP contribution in [-0.4, -0.2) is 23.0 Å². The topological polar surface area (TPSA) is 66.4 Å². The van der Waals surface area contributed by atoms with E-state index in [9.17, 15) is 9.59 Å². The molecule has 2 N–H and O–H groups in total. The Hall–Kier alpha value is -1.32. The van der Waals surface area contributed by atoms with Crippen LogP contribution in [0.25, 0.3) is 0 Å². The van der Waals surface area contributed by atoms with Crippen molar-refractivity contribution >= 4 is 11.9 Å². The number of carbonyl (C=O) groups is 2. The van der Waals surface area contributed by atoms with Crippen LogP contribution in [0.15, 0.2) is 12.7 Å². The summed E-state index contributed by atoms with van der Waals surface area (Å²) < 4.78 is 0. The highest BCUT2D eigenvalue weighted by Gasteiger charge is 2.12. The number of amides is 1. The van der Waals surface area contributed by atoms with Crippen molar-refractivity contribution in [2.24, 2.45) is 0 Å².